The summed E-state index contributed by atoms with van der Waals surface area (Å²) >= 11 is 0. The van der Waals surface area contributed by atoms with Gasteiger partial charge in [-0.05, 0) is 48.4 Å². The molecule has 4 heteroatoms. The van der Waals surface area contributed by atoms with E-state index in [9.17, 15) is 9.18 Å². The third-order valence-electron chi connectivity index (χ3n) is 3.33. The normalized spacial score (nSPS) is 10.6. The predicted molar refractivity (Wildman–Crippen MR) is 80.0 cm³/mol. The smallest absolute Gasteiger partial charge is 0.264 e. The van der Waals surface area contributed by atoms with Crippen molar-refractivity contribution in [2.24, 2.45) is 0 Å². The van der Waals surface area contributed by atoms with Crippen LogP contribution in [0.5, 0.6) is 0 Å². The standard InChI is InChI=1S/C17H13FN2O/c1-12-9-11-20(15-4-2-3-10-19-15)17(21)16(12)13-5-7-14(18)8-6-13/h2-11H,1H3. The maximum absolute atomic E-state index is 13.1. The number of rotatable bonds is 2. The van der Waals surface area contributed by atoms with Crippen molar-refractivity contribution in [2.75, 3.05) is 0 Å². The molecule has 3 rings (SSSR count). The van der Waals surface area contributed by atoms with Gasteiger partial charge in [-0.2, -0.15) is 0 Å². The Morgan fingerprint density at radius 2 is 1.81 bits per heavy atom. The second kappa shape index (κ2) is 5.32. The van der Waals surface area contributed by atoms with Crippen molar-refractivity contribution in [1.82, 2.24) is 9.55 Å². The van der Waals surface area contributed by atoms with E-state index in [-0.39, 0.29) is 11.4 Å². The van der Waals surface area contributed by atoms with Crippen LogP contribution in [-0.4, -0.2) is 9.55 Å². The SMILES string of the molecule is Cc1ccn(-c2ccccn2)c(=O)c1-c1ccc(F)cc1. The van der Waals surface area contributed by atoms with Crippen LogP contribution < -0.4 is 5.56 Å². The van der Waals surface area contributed by atoms with E-state index in [2.05, 4.69) is 4.98 Å². The van der Waals surface area contributed by atoms with Gasteiger partial charge in [0.25, 0.3) is 5.56 Å². The number of pyridine rings is 2. The van der Waals surface area contributed by atoms with Crippen molar-refractivity contribution in [3.63, 3.8) is 0 Å². The summed E-state index contributed by atoms with van der Waals surface area (Å²) < 4.78 is 14.5. The summed E-state index contributed by atoms with van der Waals surface area (Å²) in [4.78, 5) is 16.9. The monoisotopic (exact) mass is 280 g/mol. The van der Waals surface area contributed by atoms with Crippen LogP contribution in [0.1, 0.15) is 5.56 Å². The quantitative estimate of drug-likeness (QED) is 0.721. The van der Waals surface area contributed by atoms with Gasteiger partial charge in [0.1, 0.15) is 11.6 Å². The molecule has 0 saturated carbocycles. The number of benzene rings is 1. The highest BCUT2D eigenvalue weighted by atomic mass is 19.1. The average Bonchev–Trinajstić information content (AvgIpc) is 2.50. The van der Waals surface area contributed by atoms with Crippen LogP contribution in [0.3, 0.4) is 0 Å². The number of hydrogen-bond donors (Lipinski definition) is 0. The first-order chi connectivity index (χ1) is 10.2. The molecule has 0 N–H and O–H groups in total. The number of nitrogens with zero attached hydrogens (tertiary/aromatic N) is 2. The number of hydrogen-bond acceptors (Lipinski definition) is 2. The van der Waals surface area contributed by atoms with Crippen molar-refractivity contribution < 1.29 is 4.39 Å². The number of halogens is 1. The highest BCUT2D eigenvalue weighted by Crippen LogP contribution is 2.20. The molecule has 1 aromatic carbocycles. The summed E-state index contributed by atoms with van der Waals surface area (Å²) in [5.41, 5.74) is 1.94. The molecule has 104 valence electrons. The van der Waals surface area contributed by atoms with Crippen LogP contribution in [0.25, 0.3) is 16.9 Å². The summed E-state index contributed by atoms with van der Waals surface area (Å²) in [5, 5.41) is 0. The Bertz CT molecular complexity index is 824. The van der Waals surface area contributed by atoms with Crippen LogP contribution in [0.15, 0.2) is 65.7 Å². The fourth-order valence-corrected chi connectivity index (χ4v) is 2.27. The Labute approximate surface area is 121 Å². The first-order valence-corrected chi connectivity index (χ1v) is 6.56. The molecule has 0 spiro atoms. The van der Waals surface area contributed by atoms with Gasteiger partial charge in [0.05, 0.1) is 5.56 Å². The van der Waals surface area contributed by atoms with Gasteiger partial charge in [-0.25, -0.2) is 9.37 Å². The zero-order valence-corrected chi connectivity index (χ0v) is 11.5. The Hall–Kier alpha value is -2.75. The lowest BCUT2D eigenvalue weighted by Gasteiger charge is -2.10. The maximum Gasteiger partial charge on any atom is 0.264 e. The van der Waals surface area contributed by atoms with E-state index in [0.29, 0.717) is 16.9 Å². The van der Waals surface area contributed by atoms with E-state index in [1.54, 1.807) is 36.7 Å². The zero-order valence-electron chi connectivity index (χ0n) is 11.5. The average molecular weight is 280 g/mol. The van der Waals surface area contributed by atoms with E-state index < -0.39 is 0 Å². The minimum atomic E-state index is -0.322. The van der Waals surface area contributed by atoms with E-state index >= 15 is 0 Å². The van der Waals surface area contributed by atoms with Crippen molar-refractivity contribution in [1.29, 1.82) is 0 Å². The van der Waals surface area contributed by atoms with Crippen molar-refractivity contribution >= 4 is 0 Å². The molecule has 0 aliphatic rings. The summed E-state index contributed by atoms with van der Waals surface area (Å²) in [6.45, 7) is 1.86. The van der Waals surface area contributed by atoms with Crippen LogP contribution in [0.4, 0.5) is 4.39 Å². The molecule has 3 aromatic rings. The highest BCUT2D eigenvalue weighted by Gasteiger charge is 2.11. The first-order valence-electron chi connectivity index (χ1n) is 6.56. The summed E-state index contributed by atoms with van der Waals surface area (Å²) in [6, 6.07) is 13.2. The van der Waals surface area contributed by atoms with Crippen LogP contribution in [0.2, 0.25) is 0 Å². The molecule has 0 amide bonds. The fourth-order valence-electron chi connectivity index (χ4n) is 2.27. The summed E-state index contributed by atoms with van der Waals surface area (Å²) in [5.74, 6) is 0.239. The number of aromatic nitrogens is 2. The lowest BCUT2D eigenvalue weighted by atomic mass is 10.0. The second-order valence-corrected chi connectivity index (χ2v) is 4.74. The molecular formula is C17H13FN2O. The molecule has 0 unspecified atom stereocenters. The second-order valence-electron chi connectivity index (χ2n) is 4.74. The van der Waals surface area contributed by atoms with Crippen LogP contribution in [0, 0.1) is 12.7 Å². The van der Waals surface area contributed by atoms with Crippen molar-refractivity contribution in [3.8, 4) is 16.9 Å². The lowest BCUT2D eigenvalue weighted by Crippen LogP contribution is -2.21. The molecule has 2 heterocycles. The first kappa shape index (κ1) is 13.2. The largest absolute Gasteiger partial charge is 0.268 e. The molecule has 0 aliphatic heterocycles. The molecule has 2 aromatic heterocycles. The Morgan fingerprint density at radius 1 is 1.05 bits per heavy atom. The molecule has 0 atom stereocenters. The van der Waals surface area contributed by atoms with Gasteiger partial charge in [0.15, 0.2) is 0 Å². The summed E-state index contributed by atoms with van der Waals surface area (Å²) in [6.07, 6.45) is 3.34. The Kier molecular flexibility index (Phi) is 3.36. The third-order valence-corrected chi connectivity index (χ3v) is 3.33. The van der Waals surface area contributed by atoms with Gasteiger partial charge in [-0.3, -0.25) is 9.36 Å². The van der Waals surface area contributed by atoms with E-state index in [1.807, 2.05) is 19.1 Å². The van der Waals surface area contributed by atoms with Gasteiger partial charge in [-0.1, -0.05) is 18.2 Å². The van der Waals surface area contributed by atoms with E-state index in [4.69, 9.17) is 0 Å². The molecular weight excluding hydrogens is 267 g/mol. The van der Waals surface area contributed by atoms with Crippen molar-refractivity contribution in [3.05, 3.63) is 82.7 Å². The number of aryl methyl sites for hydroxylation is 1. The molecule has 0 radical (unpaired) electrons. The van der Waals surface area contributed by atoms with E-state index in [1.165, 1.54) is 16.7 Å². The lowest BCUT2D eigenvalue weighted by molar-refractivity contribution is 0.628. The molecule has 3 nitrogen and oxygen atoms in total. The van der Waals surface area contributed by atoms with Gasteiger partial charge in [0, 0.05) is 12.4 Å². The van der Waals surface area contributed by atoms with E-state index in [0.717, 1.165) is 5.56 Å². The predicted octanol–water partition coefficient (Wildman–Crippen LogP) is 3.35. The zero-order chi connectivity index (χ0) is 14.8. The van der Waals surface area contributed by atoms with Crippen LogP contribution in [-0.2, 0) is 0 Å². The molecule has 0 saturated heterocycles. The molecule has 0 fully saturated rings. The minimum absolute atomic E-state index is 0.166. The molecule has 0 bridgehead atoms. The minimum Gasteiger partial charge on any atom is -0.268 e. The van der Waals surface area contributed by atoms with Crippen LogP contribution >= 0.6 is 0 Å². The van der Waals surface area contributed by atoms with Gasteiger partial charge in [-0.15, -0.1) is 0 Å². The Morgan fingerprint density at radius 3 is 2.48 bits per heavy atom. The Balaban J connectivity index is 2.22. The highest BCUT2D eigenvalue weighted by molar-refractivity contribution is 5.66. The van der Waals surface area contributed by atoms with Gasteiger partial charge in [0.2, 0.25) is 0 Å². The topological polar surface area (TPSA) is 34.9 Å². The molecule has 0 aliphatic carbocycles. The van der Waals surface area contributed by atoms with Crippen molar-refractivity contribution in [2.45, 2.75) is 6.92 Å². The maximum atomic E-state index is 13.1. The van der Waals surface area contributed by atoms with Gasteiger partial charge >= 0.3 is 0 Å². The third kappa shape index (κ3) is 2.48. The van der Waals surface area contributed by atoms with Gasteiger partial charge < -0.3 is 0 Å². The molecule has 21 heavy (non-hydrogen) atoms. The summed E-state index contributed by atoms with van der Waals surface area (Å²) in [7, 11) is 0. The fraction of sp³-hybridized carbons (Fsp3) is 0.0588.